The van der Waals surface area contributed by atoms with Crippen molar-refractivity contribution in [1.82, 2.24) is 0 Å². The lowest BCUT2D eigenvalue weighted by atomic mass is 10.1. The first kappa shape index (κ1) is 15.3. The van der Waals surface area contributed by atoms with Gasteiger partial charge in [0.05, 0.1) is 4.92 Å². The molecule has 0 heterocycles. The van der Waals surface area contributed by atoms with Crippen molar-refractivity contribution in [3.05, 3.63) is 68.2 Å². The van der Waals surface area contributed by atoms with Crippen LogP contribution in [0.3, 0.4) is 0 Å². The summed E-state index contributed by atoms with van der Waals surface area (Å²) in [5, 5.41) is 14.2. The van der Waals surface area contributed by atoms with E-state index in [1.807, 2.05) is 24.3 Å². The monoisotopic (exact) mass is 305 g/mol. The lowest BCUT2D eigenvalue weighted by molar-refractivity contribution is -0.384. The Hall–Kier alpha value is -2.11. The van der Waals surface area contributed by atoms with E-state index in [4.69, 9.17) is 17.3 Å². The van der Waals surface area contributed by atoms with Gasteiger partial charge >= 0.3 is 0 Å². The molecule has 2 rings (SSSR count). The number of aryl methyl sites for hydroxylation is 1. The summed E-state index contributed by atoms with van der Waals surface area (Å²) in [5.74, 6) is 0. The highest BCUT2D eigenvalue weighted by molar-refractivity contribution is 6.33. The molecule has 5 nitrogen and oxygen atoms in total. The summed E-state index contributed by atoms with van der Waals surface area (Å²) in [7, 11) is 0. The molecule has 0 spiro atoms. The second kappa shape index (κ2) is 6.56. The number of benzene rings is 2. The minimum absolute atomic E-state index is 0.0814. The molecule has 21 heavy (non-hydrogen) atoms. The van der Waals surface area contributed by atoms with Crippen molar-refractivity contribution < 1.29 is 4.92 Å². The molecule has 3 N–H and O–H groups in total. The number of anilines is 1. The predicted octanol–water partition coefficient (Wildman–Crippen LogP) is 3.63. The number of nitrogens with one attached hydrogen (secondary N) is 1. The van der Waals surface area contributed by atoms with Gasteiger partial charge in [0, 0.05) is 24.8 Å². The van der Waals surface area contributed by atoms with Crippen molar-refractivity contribution in [1.29, 1.82) is 0 Å². The highest BCUT2D eigenvalue weighted by atomic mass is 35.5. The van der Waals surface area contributed by atoms with Gasteiger partial charge in [0.2, 0.25) is 0 Å². The van der Waals surface area contributed by atoms with E-state index in [0.717, 1.165) is 22.4 Å². The summed E-state index contributed by atoms with van der Waals surface area (Å²) in [6.07, 6.45) is 0. The van der Waals surface area contributed by atoms with Crippen molar-refractivity contribution in [2.75, 3.05) is 5.32 Å². The fraction of sp³-hybridized carbons (Fsp3) is 0.200. The molecule has 0 aliphatic carbocycles. The number of nitrogens with zero attached hydrogens (tertiary/aromatic N) is 1. The van der Waals surface area contributed by atoms with Crippen LogP contribution in [0.4, 0.5) is 11.4 Å². The average molecular weight is 306 g/mol. The van der Waals surface area contributed by atoms with Crippen LogP contribution in [0, 0.1) is 17.0 Å². The maximum absolute atomic E-state index is 10.8. The van der Waals surface area contributed by atoms with E-state index in [1.54, 1.807) is 13.0 Å². The zero-order chi connectivity index (χ0) is 15.4. The molecule has 0 fully saturated rings. The first-order chi connectivity index (χ1) is 10.0. The summed E-state index contributed by atoms with van der Waals surface area (Å²) < 4.78 is 0. The predicted molar refractivity (Wildman–Crippen MR) is 84.5 cm³/mol. The van der Waals surface area contributed by atoms with Crippen molar-refractivity contribution >= 4 is 23.0 Å². The van der Waals surface area contributed by atoms with Gasteiger partial charge in [-0.1, -0.05) is 35.9 Å². The molecule has 2 aromatic carbocycles. The molecule has 0 aliphatic rings. The molecule has 0 unspecified atom stereocenters. The Kier molecular flexibility index (Phi) is 4.77. The summed E-state index contributed by atoms with van der Waals surface area (Å²) in [5.41, 5.74) is 9.33. The standard InChI is InChI=1S/C15H16ClN3O2/c1-10-6-15(19(20)21)13(16)7-14(10)18-9-12-5-3-2-4-11(12)8-17/h2-7,18H,8-9,17H2,1H3. The van der Waals surface area contributed by atoms with Crippen molar-refractivity contribution in [2.24, 2.45) is 5.73 Å². The molecular weight excluding hydrogens is 290 g/mol. The van der Waals surface area contributed by atoms with E-state index in [1.165, 1.54) is 6.07 Å². The van der Waals surface area contributed by atoms with Crippen LogP contribution in [-0.2, 0) is 13.1 Å². The summed E-state index contributed by atoms with van der Waals surface area (Å²) in [4.78, 5) is 10.4. The number of nitro groups is 1. The van der Waals surface area contributed by atoms with Gasteiger partial charge in [-0.25, -0.2) is 0 Å². The number of nitrogens with two attached hydrogens (primary N) is 1. The van der Waals surface area contributed by atoms with Crippen molar-refractivity contribution in [2.45, 2.75) is 20.0 Å². The lowest BCUT2D eigenvalue weighted by Crippen LogP contribution is -2.07. The van der Waals surface area contributed by atoms with Gasteiger partial charge in [-0.2, -0.15) is 0 Å². The second-order valence-electron chi connectivity index (χ2n) is 4.70. The van der Waals surface area contributed by atoms with E-state index in [-0.39, 0.29) is 10.7 Å². The Balaban J connectivity index is 2.21. The molecule has 0 radical (unpaired) electrons. The minimum atomic E-state index is -0.483. The normalized spacial score (nSPS) is 10.4. The van der Waals surface area contributed by atoms with E-state index in [2.05, 4.69) is 5.32 Å². The average Bonchev–Trinajstić information content (AvgIpc) is 2.47. The largest absolute Gasteiger partial charge is 0.381 e. The van der Waals surface area contributed by atoms with E-state index in [0.29, 0.717) is 13.1 Å². The van der Waals surface area contributed by atoms with Crippen LogP contribution in [0.25, 0.3) is 0 Å². The van der Waals surface area contributed by atoms with E-state index >= 15 is 0 Å². The highest BCUT2D eigenvalue weighted by Crippen LogP contribution is 2.30. The van der Waals surface area contributed by atoms with Gasteiger partial charge in [-0.05, 0) is 29.7 Å². The summed E-state index contributed by atoms with van der Waals surface area (Å²) in [6.45, 7) is 2.86. The van der Waals surface area contributed by atoms with E-state index < -0.39 is 4.92 Å². The van der Waals surface area contributed by atoms with Crippen LogP contribution in [0.15, 0.2) is 36.4 Å². The van der Waals surface area contributed by atoms with Gasteiger partial charge in [-0.15, -0.1) is 0 Å². The maximum Gasteiger partial charge on any atom is 0.288 e. The van der Waals surface area contributed by atoms with Gasteiger partial charge in [0.1, 0.15) is 5.02 Å². The minimum Gasteiger partial charge on any atom is -0.381 e. The van der Waals surface area contributed by atoms with Gasteiger partial charge < -0.3 is 11.1 Å². The smallest absolute Gasteiger partial charge is 0.288 e. The number of hydrogen-bond donors (Lipinski definition) is 2. The zero-order valence-corrected chi connectivity index (χ0v) is 12.4. The molecule has 0 aliphatic heterocycles. The third kappa shape index (κ3) is 3.51. The molecular formula is C15H16ClN3O2. The van der Waals surface area contributed by atoms with Gasteiger partial charge in [0.15, 0.2) is 0 Å². The first-order valence-electron chi connectivity index (χ1n) is 6.48. The molecule has 0 saturated carbocycles. The number of halogens is 1. The molecule has 110 valence electrons. The second-order valence-corrected chi connectivity index (χ2v) is 5.11. The summed E-state index contributed by atoms with van der Waals surface area (Å²) in [6, 6.07) is 10.9. The number of nitro benzene ring substituents is 1. The molecule has 0 aromatic heterocycles. The Bertz CT molecular complexity index is 674. The molecule has 6 heteroatoms. The highest BCUT2D eigenvalue weighted by Gasteiger charge is 2.15. The van der Waals surface area contributed by atoms with Gasteiger partial charge in [-0.3, -0.25) is 10.1 Å². The van der Waals surface area contributed by atoms with E-state index in [9.17, 15) is 10.1 Å². The first-order valence-corrected chi connectivity index (χ1v) is 6.86. The van der Waals surface area contributed by atoms with Crippen molar-refractivity contribution in [3.63, 3.8) is 0 Å². The van der Waals surface area contributed by atoms with Crippen LogP contribution >= 0.6 is 11.6 Å². The molecule has 0 saturated heterocycles. The quantitative estimate of drug-likeness (QED) is 0.653. The number of rotatable bonds is 5. The third-order valence-corrected chi connectivity index (χ3v) is 3.60. The Labute approximate surface area is 127 Å². The molecule has 0 atom stereocenters. The number of hydrogen-bond acceptors (Lipinski definition) is 4. The Morgan fingerprint density at radius 2 is 1.95 bits per heavy atom. The van der Waals surface area contributed by atoms with Gasteiger partial charge in [0.25, 0.3) is 5.69 Å². The fourth-order valence-electron chi connectivity index (χ4n) is 2.12. The van der Waals surface area contributed by atoms with Crippen LogP contribution in [0.5, 0.6) is 0 Å². The lowest BCUT2D eigenvalue weighted by Gasteiger charge is -2.12. The Morgan fingerprint density at radius 1 is 1.29 bits per heavy atom. The molecule has 0 amide bonds. The zero-order valence-electron chi connectivity index (χ0n) is 11.6. The van der Waals surface area contributed by atoms with Crippen LogP contribution in [0.1, 0.15) is 16.7 Å². The topological polar surface area (TPSA) is 81.2 Å². The fourth-order valence-corrected chi connectivity index (χ4v) is 2.35. The Morgan fingerprint density at radius 3 is 2.57 bits per heavy atom. The molecule has 0 bridgehead atoms. The van der Waals surface area contributed by atoms with Crippen LogP contribution < -0.4 is 11.1 Å². The van der Waals surface area contributed by atoms with Crippen LogP contribution in [0.2, 0.25) is 5.02 Å². The van der Waals surface area contributed by atoms with Crippen molar-refractivity contribution in [3.8, 4) is 0 Å². The third-order valence-electron chi connectivity index (χ3n) is 3.30. The molecule has 2 aromatic rings. The SMILES string of the molecule is Cc1cc([N+](=O)[O-])c(Cl)cc1NCc1ccccc1CN. The summed E-state index contributed by atoms with van der Waals surface area (Å²) >= 11 is 5.93. The maximum atomic E-state index is 10.8. The van der Waals surface area contributed by atoms with Crippen LogP contribution in [-0.4, -0.2) is 4.92 Å².